The number of amides is 2. The van der Waals surface area contributed by atoms with Crippen molar-refractivity contribution in [3.8, 4) is 5.75 Å². The second kappa shape index (κ2) is 15.9. The monoisotopic (exact) mass is 581 g/mol. The molecular formula is C31H39N3O6S. The molecule has 0 aromatic heterocycles. The van der Waals surface area contributed by atoms with Gasteiger partial charge < -0.3 is 19.7 Å². The number of benzene rings is 3. The Balaban J connectivity index is 1.87. The summed E-state index contributed by atoms with van der Waals surface area (Å²) in [5.74, 6) is 0.222. The van der Waals surface area contributed by atoms with Gasteiger partial charge in [-0.1, -0.05) is 61.5 Å². The maximum Gasteiger partial charge on any atom is 0.247 e. The van der Waals surface area contributed by atoms with E-state index in [1.807, 2.05) is 54.6 Å². The summed E-state index contributed by atoms with van der Waals surface area (Å²) < 4.78 is 37.4. The van der Waals surface area contributed by atoms with Crippen molar-refractivity contribution in [3.05, 3.63) is 95.6 Å². The van der Waals surface area contributed by atoms with Crippen LogP contribution >= 0.6 is 0 Å². The number of aryl methyl sites for hydroxylation is 1. The minimum absolute atomic E-state index is 0.135. The van der Waals surface area contributed by atoms with Crippen LogP contribution < -0.4 is 14.8 Å². The zero-order valence-corrected chi connectivity index (χ0v) is 24.7. The van der Waals surface area contributed by atoms with E-state index in [1.165, 1.54) is 12.1 Å². The summed E-state index contributed by atoms with van der Waals surface area (Å²) in [4.78, 5) is 29.2. The number of sulfonamides is 1. The van der Waals surface area contributed by atoms with E-state index in [0.29, 0.717) is 43.9 Å². The van der Waals surface area contributed by atoms with Crippen LogP contribution in [0.2, 0.25) is 0 Å². The molecule has 0 unspecified atom stereocenters. The average molecular weight is 582 g/mol. The Labute approximate surface area is 242 Å². The quantitative estimate of drug-likeness (QED) is 0.249. The molecule has 10 heteroatoms. The smallest absolute Gasteiger partial charge is 0.247 e. The first-order valence-corrected chi connectivity index (χ1v) is 15.1. The molecule has 9 nitrogen and oxygen atoms in total. The van der Waals surface area contributed by atoms with Gasteiger partial charge in [-0.2, -0.15) is 0 Å². The van der Waals surface area contributed by atoms with Crippen molar-refractivity contribution in [1.82, 2.24) is 14.9 Å². The number of nitrogens with one attached hydrogen (secondary N) is 2. The van der Waals surface area contributed by atoms with E-state index in [1.54, 1.807) is 38.2 Å². The van der Waals surface area contributed by atoms with Crippen LogP contribution in [0.1, 0.15) is 42.5 Å². The summed E-state index contributed by atoms with van der Waals surface area (Å²) in [5, 5.41) is 2.96. The second-order valence-corrected chi connectivity index (χ2v) is 11.2. The highest BCUT2D eigenvalue weighted by Crippen LogP contribution is 2.26. The standard InChI is InChI=1S/C31H39N3O6S/c1-4-33-41(37,38)28-18-13-24(14-19-28)15-20-29(35)34(23-25-11-16-27(40-3)17-12-25)30(26-9-6-5-7-10-26)31(36)32-21-8-22-39-2/h5-7,9-14,16-19,30,33H,4,8,15,20-23H2,1-3H3,(H,32,36)/t30-/m1/s1. The van der Waals surface area contributed by atoms with Gasteiger partial charge in [0.25, 0.3) is 0 Å². The maximum absolute atomic E-state index is 13.8. The molecule has 0 radical (unpaired) electrons. The minimum atomic E-state index is -3.56. The Hall–Kier alpha value is -3.73. The molecule has 220 valence electrons. The van der Waals surface area contributed by atoms with Crippen LogP contribution in [0.4, 0.5) is 0 Å². The van der Waals surface area contributed by atoms with Gasteiger partial charge in [-0.15, -0.1) is 0 Å². The van der Waals surface area contributed by atoms with Gasteiger partial charge in [0, 0.05) is 39.8 Å². The molecular weight excluding hydrogens is 542 g/mol. The highest BCUT2D eigenvalue weighted by atomic mass is 32.2. The van der Waals surface area contributed by atoms with E-state index in [9.17, 15) is 18.0 Å². The molecule has 41 heavy (non-hydrogen) atoms. The van der Waals surface area contributed by atoms with Gasteiger partial charge in [0.1, 0.15) is 11.8 Å². The number of hydrogen-bond acceptors (Lipinski definition) is 6. The third kappa shape index (κ3) is 9.41. The molecule has 0 aliphatic carbocycles. The number of carbonyl (C=O) groups is 2. The van der Waals surface area contributed by atoms with Crippen LogP contribution in [0.25, 0.3) is 0 Å². The fourth-order valence-electron chi connectivity index (χ4n) is 4.39. The van der Waals surface area contributed by atoms with E-state index in [4.69, 9.17) is 9.47 Å². The van der Waals surface area contributed by atoms with E-state index in [2.05, 4.69) is 10.0 Å². The lowest BCUT2D eigenvalue weighted by molar-refractivity contribution is -0.141. The molecule has 3 aromatic rings. The molecule has 2 N–H and O–H groups in total. The zero-order chi connectivity index (χ0) is 29.7. The summed E-state index contributed by atoms with van der Waals surface area (Å²) >= 11 is 0. The van der Waals surface area contributed by atoms with Crippen LogP contribution in [0.5, 0.6) is 5.75 Å². The van der Waals surface area contributed by atoms with Crippen molar-refractivity contribution < 1.29 is 27.5 Å². The summed E-state index contributed by atoms with van der Waals surface area (Å²) in [6, 6.07) is 22.3. The zero-order valence-electron chi connectivity index (χ0n) is 23.8. The number of nitrogens with zero attached hydrogens (tertiary/aromatic N) is 1. The first kappa shape index (κ1) is 31.8. The van der Waals surface area contributed by atoms with Crippen molar-refractivity contribution >= 4 is 21.8 Å². The molecule has 0 saturated carbocycles. The Morgan fingerprint density at radius 2 is 1.56 bits per heavy atom. The molecule has 0 aliphatic heterocycles. The molecule has 2 amide bonds. The molecule has 3 rings (SSSR count). The summed E-state index contributed by atoms with van der Waals surface area (Å²) in [6.45, 7) is 3.17. The molecule has 0 fully saturated rings. The maximum atomic E-state index is 13.8. The SMILES string of the molecule is CCNS(=O)(=O)c1ccc(CCC(=O)N(Cc2ccc(OC)cc2)[C@@H](C(=O)NCCCOC)c2ccccc2)cc1. The number of rotatable bonds is 16. The van der Waals surface area contributed by atoms with E-state index in [-0.39, 0.29) is 29.7 Å². The third-order valence-electron chi connectivity index (χ3n) is 6.53. The number of ether oxygens (including phenoxy) is 2. The van der Waals surface area contributed by atoms with Gasteiger partial charge in [-0.05, 0) is 53.8 Å². The summed E-state index contributed by atoms with van der Waals surface area (Å²) in [5.41, 5.74) is 2.38. The molecule has 0 heterocycles. The van der Waals surface area contributed by atoms with Gasteiger partial charge in [-0.25, -0.2) is 13.1 Å². The summed E-state index contributed by atoms with van der Waals surface area (Å²) in [6.07, 6.45) is 1.17. The fourth-order valence-corrected chi connectivity index (χ4v) is 5.43. The van der Waals surface area contributed by atoms with Crippen LogP contribution in [-0.2, 0) is 37.3 Å². The predicted molar refractivity (Wildman–Crippen MR) is 158 cm³/mol. The lowest BCUT2D eigenvalue weighted by Crippen LogP contribution is -2.43. The second-order valence-electron chi connectivity index (χ2n) is 9.47. The minimum Gasteiger partial charge on any atom is -0.497 e. The average Bonchev–Trinajstić information content (AvgIpc) is 2.99. The number of carbonyl (C=O) groups excluding carboxylic acids is 2. The third-order valence-corrected chi connectivity index (χ3v) is 8.09. The van der Waals surface area contributed by atoms with Gasteiger partial charge in [0.15, 0.2) is 0 Å². The molecule has 1 atom stereocenters. The van der Waals surface area contributed by atoms with Crippen LogP contribution in [0.15, 0.2) is 83.8 Å². The molecule has 0 aliphatic rings. The van der Waals surface area contributed by atoms with Crippen molar-refractivity contribution in [2.24, 2.45) is 0 Å². The molecule has 0 saturated heterocycles. The number of methoxy groups -OCH3 is 2. The van der Waals surface area contributed by atoms with Crippen LogP contribution in [-0.4, -0.2) is 59.0 Å². The predicted octanol–water partition coefficient (Wildman–Crippen LogP) is 3.85. The van der Waals surface area contributed by atoms with Gasteiger partial charge in [0.2, 0.25) is 21.8 Å². The van der Waals surface area contributed by atoms with E-state index >= 15 is 0 Å². The molecule has 3 aromatic carbocycles. The lowest BCUT2D eigenvalue weighted by Gasteiger charge is -2.32. The van der Waals surface area contributed by atoms with Crippen LogP contribution in [0, 0.1) is 0 Å². The van der Waals surface area contributed by atoms with E-state index < -0.39 is 16.1 Å². The molecule has 0 bridgehead atoms. The molecule has 0 spiro atoms. The highest BCUT2D eigenvalue weighted by Gasteiger charge is 2.31. The first-order chi connectivity index (χ1) is 19.8. The van der Waals surface area contributed by atoms with Gasteiger partial charge in [-0.3, -0.25) is 9.59 Å². The van der Waals surface area contributed by atoms with Gasteiger partial charge in [0.05, 0.1) is 12.0 Å². The van der Waals surface area contributed by atoms with Crippen molar-refractivity contribution in [3.63, 3.8) is 0 Å². The van der Waals surface area contributed by atoms with Crippen LogP contribution in [0.3, 0.4) is 0 Å². The Morgan fingerprint density at radius 3 is 2.17 bits per heavy atom. The largest absolute Gasteiger partial charge is 0.497 e. The van der Waals surface area contributed by atoms with Crippen molar-refractivity contribution in [2.75, 3.05) is 33.9 Å². The first-order valence-electron chi connectivity index (χ1n) is 13.6. The Morgan fingerprint density at radius 1 is 0.902 bits per heavy atom. The van der Waals surface area contributed by atoms with E-state index in [0.717, 1.165) is 11.1 Å². The highest BCUT2D eigenvalue weighted by molar-refractivity contribution is 7.89. The Bertz CT molecular complexity index is 1350. The topological polar surface area (TPSA) is 114 Å². The lowest BCUT2D eigenvalue weighted by atomic mass is 10.0. The van der Waals surface area contributed by atoms with Gasteiger partial charge >= 0.3 is 0 Å². The summed E-state index contributed by atoms with van der Waals surface area (Å²) in [7, 11) is -0.362. The number of hydrogen-bond donors (Lipinski definition) is 2. The fraction of sp³-hybridized carbons (Fsp3) is 0.355. The Kier molecular flexibility index (Phi) is 12.3. The van der Waals surface area contributed by atoms with Crippen molar-refractivity contribution in [2.45, 2.75) is 43.7 Å². The normalized spacial score (nSPS) is 12.0. The van der Waals surface area contributed by atoms with Crippen molar-refractivity contribution in [1.29, 1.82) is 0 Å².